The van der Waals surface area contributed by atoms with Crippen LogP contribution in [-0.4, -0.2) is 26.2 Å². The lowest BCUT2D eigenvalue weighted by atomic mass is 10.2. The Labute approximate surface area is 110 Å². The topological polar surface area (TPSA) is 96.7 Å². The number of nitrogens with zero attached hydrogens (tertiary/aromatic N) is 3. The van der Waals surface area contributed by atoms with Gasteiger partial charge in [-0.3, -0.25) is 9.89 Å². The van der Waals surface area contributed by atoms with Gasteiger partial charge in [-0.2, -0.15) is 10.1 Å². The van der Waals surface area contributed by atoms with Gasteiger partial charge < -0.3 is 9.84 Å². The summed E-state index contributed by atoms with van der Waals surface area (Å²) in [6.45, 7) is 3.83. The summed E-state index contributed by atoms with van der Waals surface area (Å²) in [5.41, 5.74) is 1.02. The van der Waals surface area contributed by atoms with Crippen molar-refractivity contribution < 1.29 is 9.32 Å². The molecule has 2 aromatic rings. The van der Waals surface area contributed by atoms with E-state index in [1.54, 1.807) is 6.92 Å². The van der Waals surface area contributed by atoms with Gasteiger partial charge in [-0.1, -0.05) is 18.5 Å². The number of carbonyl (C=O) groups is 1. The molecule has 19 heavy (non-hydrogen) atoms. The highest BCUT2D eigenvalue weighted by Crippen LogP contribution is 2.08. The van der Waals surface area contributed by atoms with Gasteiger partial charge in [-0.05, 0) is 13.3 Å². The first-order chi connectivity index (χ1) is 9.17. The predicted octanol–water partition coefficient (Wildman–Crippen LogP) is 1.62. The van der Waals surface area contributed by atoms with E-state index in [2.05, 4.69) is 32.6 Å². The summed E-state index contributed by atoms with van der Waals surface area (Å²) in [4.78, 5) is 15.7. The number of hydrogen-bond acceptors (Lipinski definition) is 5. The van der Waals surface area contributed by atoms with E-state index in [-0.39, 0.29) is 12.3 Å². The maximum absolute atomic E-state index is 11.7. The number of hydrogen-bond donors (Lipinski definition) is 2. The number of amides is 1. The molecule has 0 fully saturated rings. The van der Waals surface area contributed by atoms with Crippen molar-refractivity contribution in [3.05, 3.63) is 23.5 Å². The van der Waals surface area contributed by atoms with Crippen molar-refractivity contribution in [3.8, 4) is 0 Å². The maximum Gasteiger partial charge on any atom is 0.227 e. The van der Waals surface area contributed by atoms with Gasteiger partial charge in [-0.25, -0.2) is 0 Å². The van der Waals surface area contributed by atoms with Crippen molar-refractivity contribution in [2.75, 3.05) is 5.32 Å². The molecular weight excluding hydrogens is 246 g/mol. The van der Waals surface area contributed by atoms with Gasteiger partial charge in [-0.15, -0.1) is 0 Å². The van der Waals surface area contributed by atoms with E-state index in [0.717, 1.165) is 18.5 Å². The minimum Gasteiger partial charge on any atom is -0.339 e. The summed E-state index contributed by atoms with van der Waals surface area (Å²) in [7, 11) is 0. The Balaban J connectivity index is 1.80. The standard InChI is InChI=1S/C12H17N5O2/c1-3-4-9-7-10(16-15-9)14-11(18)5-6-12-13-8(2)17-19-12/h7H,3-6H2,1-2H3,(H2,14,15,16,18). The van der Waals surface area contributed by atoms with Gasteiger partial charge in [0.05, 0.1) is 0 Å². The van der Waals surface area contributed by atoms with Gasteiger partial charge in [0.15, 0.2) is 11.6 Å². The molecule has 2 aromatic heterocycles. The highest BCUT2D eigenvalue weighted by molar-refractivity contribution is 5.89. The Hall–Kier alpha value is -2.18. The Morgan fingerprint density at radius 3 is 3.00 bits per heavy atom. The first-order valence-corrected chi connectivity index (χ1v) is 6.30. The van der Waals surface area contributed by atoms with Crippen LogP contribution in [0.3, 0.4) is 0 Å². The molecular formula is C12H17N5O2. The van der Waals surface area contributed by atoms with Crippen LogP contribution in [0.15, 0.2) is 10.6 Å². The van der Waals surface area contributed by atoms with Crippen molar-refractivity contribution in [2.24, 2.45) is 0 Å². The lowest BCUT2D eigenvalue weighted by Crippen LogP contribution is -2.12. The number of aromatic amines is 1. The second-order valence-corrected chi connectivity index (χ2v) is 4.31. The molecule has 2 rings (SSSR count). The SMILES string of the molecule is CCCc1cc(NC(=O)CCc2nc(C)no2)n[nH]1. The predicted molar refractivity (Wildman–Crippen MR) is 68.6 cm³/mol. The van der Waals surface area contributed by atoms with E-state index in [1.807, 2.05) is 6.07 Å². The zero-order valence-corrected chi connectivity index (χ0v) is 11.1. The molecule has 0 aliphatic heterocycles. The lowest BCUT2D eigenvalue weighted by molar-refractivity contribution is -0.116. The Bertz CT molecular complexity index is 546. The molecule has 0 aliphatic rings. The maximum atomic E-state index is 11.7. The van der Waals surface area contributed by atoms with Crippen LogP contribution in [0.2, 0.25) is 0 Å². The van der Waals surface area contributed by atoms with Gasteiger partial charge >= 0.3 is 0 Å². The molecule has 7 heteroatoms. The summed E-state index contributed by atoms with van der Waals surface area (Å²) >= 11 is 0. The highest BCUT2D eigenvalue weighted by atomic mass is 16.5. The van der Waals surface area contributed by atoms with E-state index >= 15 is 0 Å². The Kier molecular flexibility index (Phi) is 4.27. The Morgan fingerprint density at radius 1 is 1.47 bits per heavy atom. The van der Waals surface area contributed by atoms with Gasteiger partial charge in [0.2, 0.25) is 11.8 Å². The summed E-state index contributed by atoms with van der Waals surface area (Å²) in [5.74, 6) is 1.48. The average molecular weight is 263 g/mol. The molecule has 0 atom stereocenters. The first-order valence-electron chi connectivity index (χ1n) is 6.30. The zero-order valence-electron chi connectivity index (χ0n) is 11.1. The van der Waals surface area contributed by atoms with Crippen LogP contribution in [0.1, 0.15) is 37.2 Å². The Morgan fingerprint density at radius 2 is 2.32 bits per heavy atom. The minimum atomic E-state index is -0.120. The van der Waals surface area contributed by atoms with Crippen LogP contribution < -0.4 is 5.32 Å². The van der Waals surface area contributed by atoms with Crippen LogP contribution >= 0.6 is 0 Å². The number of aromatic nitrogens is 4. The largest absolute Gasteiger partial charge is 0.339 e. The summed E-state index contributed by atoms with van der Waals surface area (Å²) in [6.07, 6.45) is 2.67. The van der Waals surface area contributed by atoms with Crippen LogP contribution in [0.4, 0.5) is 5.82 Å². The van der Waals surface area contributed by atoms with Crippen molar-refractivity contribution in [2.45, 2.75) is 39.5 Å². The third kappa shape index (κ3) is 3.90. The minimum absolute atomic E-state index is 0.120. The number of anilines is 1. The molecule has 102 valence electrons. The van der Waals surface area contributed by atoms with E-state index in [1.165, 1.54) is 0 Å². The van der Waals surface area contributed by atoms with Gasteiger partial charge in [0.25, 0.3) is 0 Å². The normalized spacial score (nSPS) is 10.6. The van der Waals surface area contributed by atoms with Crippen molar-refractivity contribution in [1.82, 2.24) is 20.3 Å². The van der Waals surface area contributed by atoms with Crippen LogP contribution in [0.25, 0.3) is 0 Å². The second kappa shape index (κ2) is 6.12. The van der Waals surface area contributed by atoms with E-state index in [9.17, 15) is 4.79 Å². The van der Waals surface area contributed by atoms with Gasteiger partial charge in [0, 0.05) is 24.6 Å². The summed E-state index contributed by atoms with van der Waals surface area (Å²) in [6, 6.07) is 1.85. The third-order valence-electron chi connectivity index (χ3n) is 2.55. The molecule has 1 amide bonds. The number of nitrogens with one attached hydrogen (secondary N) is 2. The van der Waals surface area contributed by atoms with Crippen molar-refractivity contribution in [1.29, 1.82) is 0 Å². The number of aryl methyl sites for hydroxylation is 3. The summed E-state index contributed by atoms with van der Waals surface area (Å²) in [5, 5.41) is 13.3. The molecule has 0 spiro atoms. The molecule has 0 aromatic carbocycles. The van der Waals surface area contributed by atoms with Crippen molar-refractivity contribution in [3.63, 3.8) is 0 Å². The average Bonchev–Trinajstić information content (AvgIpc) is 2.97. The molecule has 0 saturated heterocycles. The summed E-state index contributed by atoms with van der Waals surface area (Å²) < 4.78 is 4.94. The molecule has 2 heterocycles. The molecule has 0 saturated carbocycles. The van der Waals surface area contributed by atoms with E-state index in [0.29, 0.717) is 24.0 Å². The number of rotatable bonds is 6. The van der Waals surface area contributed by atoms with Gasteiger partial charge in [0.1, 0.15) is 0 Å². The first kappa shape index (κ1) is 13.3. The lowest BCUT2D eigenvalue weighted by Gasteiger charge is -1.98. The van der Waals surface area contributed by atoms with E-state index in [4.69, 9.17) is 4.52 Å². The quantitative estimate of drug-likeness (QED) is 0.825. The number of H-pyrrole nitrogens is 1. The molecule has 0 bridgehead atoms. The highest BCUT2D eigenvalue weighted by Gasteiger charge is 2.09. The molecule has 7 nitrogen and oxygen atoms in total. The molecule has 0 aliphatic carbocycles. The monoisotopic (exact) mass is 263 g/mol. The van der Waals surface area contributed by atoms with Crippen LogP contribution in [0, 0.1) is 6.92 Å². The second-order valence-electron chi connectivity index (χ2n) is 4.31. The molecule has 0 unspecified atom stereocenters. The molecule has 2 N–H and O–H groups in total. The molecule has 0 radical (unpaired) electrons. The van der Waals surface area contributed by atoms with Crippen LogP contribution in [0.5, 0.6) is 0 Å². The smallest absolute Gasteiger partial charge is 0.227 e. The van der Waals surface area contributed by atoms with E-state index < -0.39 is 0 Å². The van der Waals surface area contributed by atoms with Crippen molar-refractivity contribution >= 4 is 11.7 Å². The zero-order chi connectivity index (χ0) is 13.7. The fourth-order valence-electron chi connectivity index (χ4n) is 1.69. The number of carbonyl (C=O) groups excluding carboxylic acids is 1. The fourth-order valence-corrected chi connectivity index (χ4v) is 1.69. The third-order valence-corrected chi connectivity index (χ3v) is 2.55. The fraction of sp³-hybridized carbons (Fsp3) is 0.500. The van der Waals surface area contributed by atoms with Crippen LogP contribution in [-0.2, 0) is 17.6 Å².